The van der Waals surface area contributed by atoms with Crippen LogP contribution in [0.5, 0.6) is 0 Å². The van der Waals surface area contributed by atoms with Crippen LogP contribution in [-0.4, -0.2) is 67.2 Å². The molecule has 29 heavy (non-hydrogen) atoms. The lowest BCUT2D eigenvalue weighted by molar-refractivity contribution is -0.159. The van der Waals surface area contributed by atoms with E-state index < -0.39 is 11.9 Å². The third kappa shape index (κ3) is 7.32. The van der Waals surface area contributed by atoms with E-state index >= 15 is 0 Å². The number of carbonyl (C=O) groups is 2. The normalized spacial score (nSPS) is 14.1. The van der Waals surface area contributed by atoms with Crippen LogP contribution in [0.3, 0.4) is 0 Å². The number of likely N-dealkylation sites (tertiary alicyclic amines) is 1. The van der Waals surface area contributed by atoms with Crippen molar-refractivity contribution in [1.29, 1.82) is 0 Å². The molecule has 4 N–H and O–H groups in total. The van der Waals surface area contributed by atoms with E-state index in [1.165, 1.54) is 19.3 Å². The second-order valence-electron chi connectivity index (χ2n) is 6.29. The second-order valence-corrected chi connectivity index (χ2v) is 7.79. The molecule has 0 bridgehead atoms. The van der Waals surface area contributed by atoms with Crippen LogP contribution in [0.2, 0.25) is 5.02 Å². The van der Waals surface area contributed by atoms with Gasteiger partial charge >= 0.3 is 11.9 Å². The molecule has 2 aromatic rings. The summed E-state index contributed by atoms with van der Waals surface area (Å²) in [6, 6.07) is 7.83. The SMILES string of the molecule is NCCSc1nnc(CN2CCCCC2)n1-c1ccc(Cl)cc1.O=C(O)C(=O)O. The fraction of sp³-hybridized carbons (Fsp3) is 0.444. The Kier molecular flexibility index (Phi) is 9.39. The molecule has 2 heterocycles. The number of nitrogens with zero attached hydrogens (tertiary/aromatic N) is 4. The zero-order valence-corrected chi connectivity index (χ0v) is 17.4. The number of aromatic nitrogens is 3. The lowest BCUT2D eigenvalue weighted by Gasteiger charge is -2.26. The number of hydrogen-bond acceptors (Lipinski definition) is 7. The first kappa shape index (κ1) is 23.1. The molecule has 3 rings (SSSR count). The van der Waals surface area contributed by atoms with Gasteiger partial charge in [-0.05, 0) is 50.2 Å². The van der Waals surface area contributed by atoms with E-state index in [1.54, 1.807) is 11.8 Å². The van der Waals surface area contributed by atoms with Gasteiger partial charge in [0.2, 0.25) is 0 Å². The average Bonchev–Trinajstić information content (AvgIpc) is 3.10. The molecule has 1 aliphatic heterocycles. The number of carboxylic acids is 2. The summed E-state index contributed by atoms with van der Waals surface area (Å²) in [5.74, 6) is -1.84. The standard InChI is InChI=1S/C16H22ClN5S.C2H2O4/c17-13-4-6-14(7-5-13)22-15(12-21-9-2-1-3-10-21)19-20-16(22)23-11-8-18;3-1(4)2(5)6/h4-7H,1-3,8-12,18H2;(H,3,4)(H,5,6). The van der Waals surface area contributed by atoms with Crippen LogP contribution in [0.1, 0.15) is 25.1 Å². The summed E-state index contributed by atoms with van der Waals surface area (Å²) in [7, 11) is 0. The van der Waals surface area contributed by atoms with Crippen molar-refractivity contribution < 1.29 is 19.8 Å². The Bertz CT molecular complexity index is 797. The topological polar surface area (TPSA) is 135 Å². The molecule has 0 unspecified atom stereocenters. The van der Waals surface area contributed by atoms with E-state index in [1.807, 2.05) is 24.3 Å². The maximum atomic E-state index is 9.10. The van der Waals surface area contributed by atoms with Gasteiger partial charge < -0.3 is 15.9 Å². The van der Waals surface area contributed by atoms with Crippen LogP contribution < -0.4 is 5.73 Å². The fourth-order valence-corrected chi connectivity index (χ4v) is 3.68. The first-order chi connectivity index (χ1) is 13.9. The van der Waals surface area contributed by atoms with Crippen molar-refractivity contribution >= 4 is 35.3 Å². The molecular formula is C18H24ClN5O4S. The van der Waals surface area contributed by atoms with E-state index in [2.05, 4.69) is 19.7 Å². The number of piperidine rings is 1. The Morgan fingerprint density at radius 3 is 2.24 bits per heavy atom. The monoisotopic (exact) mass is 441 g/mol. The third-order valence-corrected chi connectivity index (χ3v) is 5.35. The predicted octanol–water partition coefficient (Wildman–Crippen LogP) is 2.11. The van der Waals surface area contributed by atoms with Gasteiger partial charge in [-0.1, -0.05) is 29.8 Å². The van der Waals surface area contributed by atoms with E-state index in [0.717, 1.165) is 47.1 Å². The molecule has 0 amide bonds. The van der Waals surface area contributed by atoms with Gasteiger partial charge in [0, 0.05) is 23.0 Å². The number of benzene rings is 1. The summed E-state index contributed by atoms with van der Waals surface area (Å²) in [5, 5.41) is 25.2. The summed E-state index contributed by atoms with van der Waals surface area (Å²) in [6.45, 7) is 3.73. The van der Waals surface area contributed by atoms with Crippen molar-refractivity contribution in [3.63, 3.8) is 0 Å². The smallest absolute Gasteiger partial charge is 0.414 e. The zero-order chi connectivity index (χ0) is 21.2. The lowest BCUT2D eigenvalue weighted by Crippen LogP contribution is -2.30. The third-order valence-electron chi connectivity index (χ3n) is 4.13. The van der Waals surface area contributed by atoms with Crippen LogP contribution in [0.15, 0.2) is 29.4 Å². The molecule has 1 aromatic heterocycles. The maximum absolute atomic E-state index is 9.10. The minimum atomic E-state index is -1.82. The first-order valence-electron chi connectivity index (χ1n) is 9.14. The van der Waals surface area contributed by atoms with E-state index in [4.69, 9.17) is 37.1 Å². The molecule has 1 aromatic carbocycles. The molecule has 158 valence electrons. The van der Waals surface area contributed by atoms with Gasteiger partial charge in [0.25, 0.3) is 0 Å². The fourth-order valence-electron chi connectivity index (χ4n) is 2.81. The summed E-state index contributed by atoms with van der Waals surface area (Å²) in [4.78, 5) is 20.7. The Morgan fingerprint density at radius 2 is 1.69 bits per heavy atom. The molecular weight excluding hydrogens is 418 g/mol. The maximum Gasteiger partial charge on any atom is 0.414 e. The number of halogens is 1. The summed E-state index contributed by atoms with van der Waals surface area (Å²) < 4.78 is 2.13. The Hall–Kier alpha value is -2.14. The predicted molar refractivity (Wildman–Crippen MR) is 111 cm³/mol. The van der Waals surface area contributed by atoms with Crippen LogP contribution in [0.4, 0.5) is 0 Å². The molecule has 1 aliphatic rings. The van der Waals surface area contributed by atoms with Gasteiger partial charge in [-0.25, -0.2) is 9.59 Å². The van der Waals surface area contributed by atoms with Crippen molar-refractivity contribution in [2.24, 2.45) is 5.73 Å². The number of aliphatic carboxylic acids is 2. The molecule has 0 spiro atoms. The van der Waals surface area contributed by atoms with E-state index in [0.29, 0.717) is 6.54 Å². The zero-order valence-electron chi connectivity index (χ0n) is 15.8. The van der Waals surface area contributed by atoms with Gasteiger partial charge in [0.15, 0.2) is 11.0 Å². The highest BCUT2D eigenvalue weighted by Gasteiger charge is 2.18. The number of hydrogen-bond donors (Lipinski definition) is 3. The van der Waals surface area contributed by atoms with E-state index in [9.17, 15) is 0 Å². The number of rotatable bonds is 6. The molecule has 1 saturated heterocycles. The van der Waals surface area contributed by atoms with Crippen molar-refractivity contribution in [3.8, 4) is 5.69 Å². The van der Waals surface area contributed by atoms with Crippen LogP contribution in [0, 0.1) is 0 Å². The van der Waals surface area contributed by atoms with Gasteiger partial charge in [0.1, 0.15) is 0 Å². The van der Waals surface area contributed by atoms with Gasteiger partial charge in [0.05, 0.1) is 6.54 Å². The van der Waals surface area contributed by atoms with Gasteiger partial charge in [-0.3, -0.25) is 9.47 Å². The quantitative estimate of drug-likeness (QED) is 0.454. The van der Waals surface area contributed by atoms with Crippen LogP contribution >= 0.6 is 23.4 Å². The highest BCUT2D eigenvalue weighted by molar-refractivity contribution is 7.99. The number of nitrogens with two attached hydrogens (primary N) is 1. The summed E-state index contributed by atoms with van der Waals surface area (Å²) in [5.41, 5.74) is 6.68. The molecule has 0 aliphatic carbocycles. The second kappa shape index (κ2) is 11.8. The number of carboxylic acid groups (broad SMARTS) is 2. The molecule has 11 heteroatoms. The summed E-state index contributed by atoms with van der Waals surface area (Å²) in [6.07, 6.45) is 3.87. The average molecular weight is 442 g/mol. The summed E-state index contributed by atoms with van der Waals surface area (Å²) >= 11 is 7.66. The lowest BCUT2D eigenvalue weighted by atomic mass is 10.1. The highest BCUT2D eigenvalue weighted by Crippen LogP contribution is 2.24. The minimum absolute atomic E-state index is 0.625. The van der Waals surface area contributed by atoms with Crippen molar-refractivity contribution in [3.05, 3.63) is 35.1 Å². The Balaban J connectivity index is 0.000000438. The first-order valence-corrected chi connectivity index (χ1v) is 10.5. The van der Waals surface area contributed by atoms with Crippen molar-refractivity contribution in [1.82, 2.24) is 19.7 Å². The largest absolute Gasteiger partial charge is 0.473 e. The molecule has 0 radical (unpaired) electrons. The highest BCUT2D eigenvalue weighted by atomic mass is 35.5. The van der Waals surface area contributed by atoms with Crippen LogP contribution in [-0.2, 0) is 16.1 Å². The molecule has 0 atom stereocenters. The molecule has 0 saturated carbocycles. The number of thioether (sulfide) groups is 1. The molecule has 1 fully saturated rings. The minimum Gasteiger partial charge on any atom is -0.473 e. The Labute approximate surface area is 177 Å². The van der Waals surface area contributed by atoms with Crippen molar-refractivity contribution in [2.45, 2.75) is 31.0 Å². The van der Waals surface area contributed by atoms with Gasteiger partial charge in [-0.2, -0.15) is 0 Å². The Morgan fingerprint density at radius 1 is 1.07 bits per heavy atom. The molecule has 9 nitrogen and oxygen atoms in total. The van der Waals surface area contributed by atoms with Crippen molar-refractivity contribution in [2.75, 3.05) is 25.4 Å². The van der Waals surface area contributed by atoms with E-state index in [-0.39, 0.29) is 0 Å². The van der Waals surface area contributed by atoms with Gasteiger partial charge in [-0.15, -0.1) is 10.2 Å². The van der Waals surface area contributed by atoms with Crippen LogP contribution in [0.25, 0.3) is 5.69 Å².